The largest absolute Gasteiger partial charge is 0.298 e. The van der Waals surface area contributed by atoms with Crippen LogP contribution in [0.15, 0.2) is 52.3 Å². The SMILES string of the molecule is Cc1ccc(Sc2ccc(C(C)(C)C)cc2)c(C=O)c1. The number of aryl methyl sites for hydroxylation is 1. The first-order valence-corrected chi connectivity index (χ1v) is 7.56. The van der Waals surface area contributed by atoms with Gasteiger partial charge in [0.25, 0.3) is 0 Å². The molecular weight excluding hydrogens is 264 g/mol. The van der Waals surface area contributed by atoms with E-state index in [1.54, 1.807) is 11.8 Å². The molecule has 0 aliphatic rings. The zero-order valence-electron chi connectivity index (χ0n) is 12.4. The van der Waals surface area contributed by atoms with Crippen LogP contribution in [0.2, 0.25) is 0 Å². The molecule has 0 unspecified atom stereocenters. The first-order chi connectivity index (χ1) is 9.40. The van der Waals surface area contributed by atoms with Gasteiger partial charge in [0.05, 0.1) is 0 Å². The topological polar surface area (TPSA) is 17.1 Å². The second kappa shape index (κ2) is 5.84. The average molecular weight is 284 g/mol. The van der Waals surface area contributed by atoms with Crippen molar-refractivity contribution in [3.8, 4) is 0 Å². The van der Waals surface area contributed by atoms with E-state index in [-0.39, 0.29) is 5.41 Å². The molecule has 0 N–H and O–H groups in total. The van der Waals surface area contributed by atoms with Gasteiger partial charge in [-0.15, -0.1) is 0 Å². The molecule has 0 spiro atoms. The lowest BCUT2D eigenvalue weighted by Gasteiger charge is -2.19. The molecule has 0 heterocycles. The summed E-state index contributed by atoms with van der Waals surface area (Å²) in [6, 6.07) is 14.6. The van der Waals surface area contributed by atoms with Gasteiger partial charge in [0.15, 0.2) is 6.29 Å². The fourth-order valence-electron chi connectivity index (χ4n) is 2.00. The molecule has 0 aromatic heterocycles. The van der Waals surface area contributed by atoms with Gasteiger partial charge < -0.3 is 0 Å². The maximum atomic E-state index is 11.1. The lowest BCUT2D eigenvalue weighted by molar-refractivity contribution is 0.112. The smallest absolute Gasteiger partial charge is 0.151 e. The molecule has 104 valence electrons. The van der Waals surface area contributed by atoms with Crippen LogP contribution in [-0.4, -0.2) is 6.29 Å². The number of aldehydes is 1. The summed E-state index contributed by atoms with van der Waals surface area (Å²) in [4.78, 5) is 13.3. The van der Waals surface area contributed by atoms with Crippen molar-refractivity contribution in [1.29, 1.82) is 0 Å². The molecule has 0 aliphatic heterocycles. The molecule has 2 aromatic carbocycles. The Morgan fingerprint density at radius 1 is 1.00 bits per heavy atom. The van der Waals surface area contributed by atoms with Crippen molar-refractivity contribution in [1.82, 2.24) is 0 Å². The Balaban J connectivity index is 2.25. The minimum atomic E-state index is 0.168. The molecule has 0 radical (unpaired) electrons. The lowest BCUT2D eigenvalue weighted by atomic mass is 9.87. The predicted molar refractivity (Wildman–Crippen MR) is 85.8 cm³/mol. The zero-order valence-corrected chi connectivity index (χ0v) is 13.3. The van der Waals surface area contributed by atoms with Gasteiger partial charge >= 0.3 is 0 Å². The molecule has 2 aromatic rings. The Hall–Kier alpha value is -1.54. The number of hydrogen-bond acceptors (Lipinski definition) is 2. The molecule has 0 saturated carbocycles. The number of rotatable bonds is 3. The van der Waals surface area contributed by atoms with E-state index in [1.165, 1.54) is 5.56 Å². The van der Waals surface area contributed by atoms with Gasteiger partial charge in [-0.1, -0.05) is 56.3 Å². The van der Waals surface area contributed by atoms with Crippen LogP contribution < -0.4 is 0 Å². The summed E-state index contributed by atoms with van der Waals surface area (Å²) in [6.45, 7) is 8.62. The summed E-state index contributed by atoms with van der Waals surface area (Å²) < 4.78 is 0. The summed E-state index contributed by atoms with van der Waals surface area (Å²) in [5.74, 6) is 0. The lowest BCUT2D eigenvalue weighted by Crippen LogP contribution is -2.10. The van der Waals surface area contributed by atoms with Gasteiger partial charge in [-0.05, 0) is 42.2 Å². The van der Waals surface area contributed by atoms with Crippen molar-refractivity contribution >= 4 is 18.0 Å². The van der Waals surface area contributed by atoms with Crippen molar-refractivity contribution in [3.63, 3.8) is 0 Å². The normalized spacial score (nSPS) is 11.4. The molecule has 0 fully saturated rings. The van der Waals surface area contributed by atoms with Crippen LogP contribution in [0.25, 0.3) is 0 Å². The Labute approximate surface area is 125 Å². The first-order valence-electron chi connectivity index (χ1n) is 6.74. The number of hydrogen-bond donors (Lipinski definition) is 0. The van der Waals surface area contributed by atoms with E-state index in [0.29, 0.717) is 0 Å². The fraction of sp³-hybridized carbons (Fsp3) is 0.278. The monoisotopic (exact) mass is 284 g/mol. The van der Waals surface area contributed by atoms with E-state index in [1.807, 2.05) is 25.1 Å². The molecule has 0 bridgehead atoms. The van der Waals surface area contributed by atoms with Gasteiger partial charge in [-0.3, -0.25) is 4.79 Å². The number of carbonyl (C=O) groups is 1. The molecule has 0 saturated heterocycles. The number of benzene rings is 2. The highest BCUT2D eigenvalue weighted by Crippen LogP contribution is 2.32. The highest BCUT2D eigenvalue weighted by Gasteiger charge is 2.13. The van der Waals surface area contributed by atoms with Gasteiger partial charge in [0, 0.05) is 15.4 Å². The third-order valence-corrected chi connectivity index (χ3v) is 4.34. The first kappa shape index (κ1) is 14.9. The van der Waals surface area contributed by atoms with Crippen molar-refractivity contribution in [3.05, 3.63) is 59.2 Å². The maximum Gasteiger partial charge on any atom is 0.151 e. The van der Waals surface area contributed by atoms with Crippen molar-refractivity contribution in [2.75, 3.05) is 0 Å². The Kier molecular flexibility index (Phi) is 4.34. The standard InChI is InChI=1S/C18H20OS/c1-13-5-10-17(14(11-13)12-19)20-16-8-6-15(7-9-16)18(2,3)4/h5-12H,1-4H3. The van der Waals surface area contributed by atoms with Gasteiger partial charge in [0.1, 0.15) is 0 Å². The van der Waals surface area contributed by atoms with E-state index in [9.17, 15) is 4.79 Å². The van der Waals surface area contributed by atoms with E-state index in [0.717, 1.165) is 27.2 Å². The minimum absolute atomic E-state index is 0.168. The van der Waals surface area contributed by atoms with Gasteiger partial charge in [-0.2, -0.15) is 0 Å². The molecule has 0 amide bonds. The van der Waals surface area contributed by atoms with Crippen LogP contribution in [0.4, 0.5) is 0 Å². The zero-order chi connectivity index (χ0) is 14.8. The van der Waals surface area contributed by atoms with Crippen LogP contribution in [0, 0.1) is 6.92 Å². The van der Waals surface area contributed by atoms with Crippen LogP contribution in [0.3, 0.4) is 0 Å². The summed E-state index contributed by atoms with van der Waals surface area (Å²) in [6.07, 6.45) is 0.929. The second-order valence-corrected chi connectivity index (χ2v) is 7.15. The van der Waals surface area contributed by atoms with Gasteiger partial charge in [0.2, 0.25) is 0 Å². The van der Waals surface area contributed by atoms with Crippen LogP contribution in [0.1, 0.15) is 42.3 Å². The molecule has 20 heavy (non-hydrogen) atoms. The van der Waals surface area contributed by atoms with E-state index in [4.69, 9.17) is 0 Å². The predicted octanol–water partition coefficient (Wildman–Crippen LogP) is 5.26. The Morgan fingerprint density at radius 3 is 2.20 bits per heavy atom. The second-order valence-electron chi connectivity index (χ2n) is 6.04. The summed E-state index contributed by atoms with van der Waals surface area (Å²) in [5, 5.41) is 0. The summed E-state index contributed by atoms with van der Waals surface area (Å²) >= 11 is 1.64. The quantitative estimate of drug-likeness (QED) is 0.715. The van der Waals surface area contributed by atoms with Crippen molar-refractivity contribution < 1.29 is 4.79 Å². The summed E-state index contributed by atoms with van der Waals surface area (Å²) in [7, 11) is 0. The van der Waals surface area contributed by atoms with E-state index >= 15 is 0 Å². The summed E-state index contributed by atoms with van der Waals surface area (Å²) in [5.41, 5.74) is 3.36. The molecule has 2 rings (SSSR count). The Morgan fingerprint density at radius 2 is 1.65 bits per heavy atom. The third-order valence-electron chi connectivity index (χ3n) is 3.24. The molecule has 0 atom stereocenters. The molecule has 2 heteroatoms. The maximum absolute atomic E-state index is 11.1. The van der Waals surface area contributed by atoms with Gasteiger partial charge in [-0.25, -0.2) is 0 Å². The van der Waals surface area contributed by atoms with E-state index < -0.39 is 0 Å². The minimum Gasteiger partial charge on any atom is -0.298 e. The van der Waals surface area contributed by atoms with Crippen LogP contribution >= 0.6 is 11.8 Å². The fourth-order valence-corrected chi connectivity index (χ4v) is 2.89. The third kappa shape index (κ3) is 3.51. The van der Waals surface area contributed by atoms with Crippen LogP contribution in [-0.2, 0) is 5.41 Å². The number of carbonyl (C=O) groups excluding carboxylic acids is 1. The van der Waals surface area contributed by atoms with Crippen molar-refractivity contribution in [2.45, 2.75) is 42.9 Å². The average Bonchev–Trinajstić information content (AvgIpc) is 2.40. The van der Waals surface area contributed by atoms with E-state index in [2.05, 4.69) is 45.0 Å². The highest BCUT2D eigenvalue weighted by molar-refractivity contribution is 7.99. The van der Waals surface area contributed by atoms with Crippen LogP contribution in [0.5, 0.6) is 0 Å². The molecular formula is C18H20OS. The molecule has 0 aliphatic carbocycles. The molecule has 1 nitrogen and oxygen atoms in total. The highest BCUT2D eigenvalue weighted by atomic mass is 32.2. The Bertz CT molecular complexity index is 606. The van der Waals surface area contributed by atoms with Crippen molar-refractivity contribution in [2.24, 2.45) is 0 Å².